The molecule has 0 aromatic heterocycles. The normalized spacial score (nSPS) is 21.4. The highest BCUT2D eigenvalue weighted by Gasteiger charge is 2.35. The first-order valence-electron chi connectivity index (χ1n) is 10.5. The van der Waals surface area contributed by atoms with Crippen LogP contribution in [0.1, 0.15) is 23.6 Å². The van der Waals surface area contributed by atoms with Crippen molar-refractivity contribution in [1.82, 2.24) is 14.8 Å². The predicted molar refractivity (Wildman–Crippen MR) is 114 cm³/mol. The van der Waals surface area contributed by atoms with Crippen LogP contribution in [0.15, 0.2) is 47.6 Å². The van der Waals surface area contributed by atoms with Crippen LogP contribution in [0.4, 0.5) is 4.39 Å². The van der Waals surface area contributed by atoms with Crippen molar-refractivity contribution in [3.05, 3.63) is 59.4 Å². The van der Waals surface area contributed by atoms with Gasteiger partial charge in [-0.3, -0.25) is 9.69 Å². The second-order valence-electron chi connectivity index (χ2n) is 8.20. The van der Waals surface area contributed by atoms with E-state index < -0.39 is 0 Å². The maximum atomic E-state index is 13.4. The summed E-state index contributed by atoms with van der Waals surface area (Å²) >= 11 is 0. The second kappa shape index (κ2) is 8.28. The molecule has 2 aromatic rings. The molecule has 0 saturated carbocycles. The van der Waals surface area contributed by atoms with Gasteiger partial charge in [0.25, 0.3) is 5.91 Å². The highest BCUT2D eigenvalue weighted by atomic mass is 19.1. The van der Waals surface area contributed by atoms with Crippen molar-refractivity contribution in [3.63, 3.8) is 0 Å². The van der Waals surface area contributed by atoms with Gasteiger partial charge in [-0.2, -0.15) is 5.10 Å². The third kappa shape index (κ3) is 4.13. The first-order chi connectivity index (χ1) is 15.1. The Kier molecular flexibility index (Phi) is 5.33. The molecule has 3 aliphatic heterocycles. The summed E-state index contributed by atoms with van der Waals surface area (Å²) < 4.78 is 24.4. The Labute approximate surface area is 180 Å². The number of nitrogens with zero attached hydrogens (tertiary/aromatic N) is 4. The van der Waals surface area contributed by atoms with Gasteiger partial charge in [0, 0.05) is 32.6 Å². The number of hydrazone groups is 1. The van der Waals surface area contributed by atoms with Crippen LogP contribution in [0.5, 0.6) is 11.5 Å². The van der Waals surface area contributed by atoms with Crippen LogP contribution < -0.4 is 9.47 Å². The molecule has 0 spiro atoms. The number of benzene rings is 2. The second-order valence-corrected chi connectivity index (χ2v) is 8.20. The van der Waals surface area contributed by atoms with Crippen molar-refractivity contribution in [2.24, 2.45) is 5.10 Å². The molecule has 7 nitrogen and oxygen atoms in total. The van der Waals surface area contributed by atoms with Crippen LogP contribution in [0.2, 0.25) is 0 Å². The molecule has 3 aliphatic rings. The topological polar surface area (TPSA) is 57.6 Å². The van der Waals surface area contributed by atoms with Gasteiger partial charge in [-0.25, -0.2) is 9.40 Å². The summed E-state index contributed by atoms with van der Waals surface area (Å²) in [5.41, 5.74) is 2.54. The maximum absolute atomic E-state index is 13.4. The predicted octanol–water partition coefficient (Wildman–Crippen LogP) is 2.48. The van der Waals surface area contributed by atoms with Gasteiger partial charge < -0.3 is 14.4 Å². The van der Waals surface area contributed by atoms with Crippen LogP contribution in [-0.2, 0) is 4.79 Å². The highest BCUT2D eigenvalue weighted by molar-refractivity contribution is 6.03. The average molecular weight is 424 g/mol. The Bertz CT molecular complexity index is 1000. The number of carbonyl (C=O) groups is 1. The summed E-state index contributed by atoms with van der Waals surface area (Å²) in [6, 6.07) is 11.8. The molecule has 0 bridgehead atoms. The molecule has 1 fully saturated rings. The van der Waals surface area contributed by atoms with Gasteiger partial charge in [-0.1, -0.05) is 18.2 Å². The van der Waals surface area contributed by atoms with Crippen molar-refractivity contribution >= 4 is 11.6 Å². The van der Waals surface area contributed by atoms with Crippen molar-refractivity contribution in [1.29, 1.82) is 0 Å². The summed E-state index contributed by atoms with van der Waals surface area (Å²) in [6.45, 7) is 4.15. The lowest BCUT2D eigenvalue weighted by molar-refractivity contribution is -0.134. The van der Waals surface area contributed by atoms with Crippen LogP contribution in [-0.4, -0.2) is 73.0 Å². The number of hydrogen-bond acceptors (Lipinski definition) is 6. The number of likely N-dealkylation sites (N-methyl/N-ethyl adjacent to an activating group) is 1. The number of hydrogen-bond donors (Lipinski definition) is 0. The van der Waals surface area contributed by atoms with Gasteiger partial charge in [-0.05, 0) is 42.4 Å². The monoisotopic (exact) mass is 424 g/mol. The standard InChI is InChI=1S/C23H25FN4O3/c1-26-8-10-27(11-9-26)14-23(29)28-20(17-4-7-21-22(12-17)31-15-30-21)13-19(25-28)16-2-5-18(24)6-3-16/h2-7,12,20H,8-11,13-15H2,1H3. The van der Waals surface area contributed by atoms with Crippen LogP contribution in [0.3, 0.4) is 0 Å². The van der Waals surface area contributed by atoms with Crippen molar-refractivity contribution in [3.8, 4) is 11.5 Å². The lowest BCUT2D eigenvalue weighted by atomic mass is 9.98. The summed E-state index contributed by atoms with van der Waals surface area (Å²) in [5.74, 6) is 1.05. The molecule has 162 valence electrons. The Morgan fingerprint density at radius 1 is 1.06 bits per heavy atom. The number of halogens is 1. The molecular weight excluding hydrogens is 399 g/mol. The molecule has 8 heteroatoms. The summed E-state index contributed by atoms with van der Waals surface area (Å²) in [5, 5.41) is 6.28. The first-order valence-corrected chi connectivity index (χ1v) is 10.5. The smallest absolute Gasteiger partial charge is 0.257 e. The fourth-order valence-electron chi connectivity index (χ4n) is 4.21. The van der Waals surface area contributed by atoms with E-state index >= 15 is 0 Å². The molecule has 5 rings (SSSR count). The van der Waals surface area contributed by atoms with E-state index in [2.05, 4.69) is 21.9 Å². The molecule has 0 N–H and O–H groups in total. The number of piperazine rings is 1. The zero-order valence-electron chi connectivity index (χ0n) is 17.5. The number of amides is 1. The molecule has 2 aromatic carbocycles. The zero-order chi connectivity index (χ0) is 21.4. The van der Waals surface area contributed by atoms with Crippen molar-refractivity contribution < 1.29 is 18.7 Å². The van der Waals surface area contributed by atoms with E-state index in [1.54, 1.807) is 17.1 Å². The minimum atomic E-state index is -0.294. The summed E-state index contributed by atoms with van der Waals surface area (Å²) in [4.78, 5) is 17.7. The Morgan fingerprint density at radius 2 is 1.81 bits per heavy atom. The third-order valence-electron chi connectivity index (χ3n) is 6.08. The molecule has 0 aliphatic carbocycles. The third-order valence-corrected chi connectivity index (χ3v) is 6.08. The van der Waals surface area contributed by atoms with E-state index in [1.165, 1.54) is 12.1 Å². The van der Waals surface area contributed by atoms with Gasteiger partial charge in [0.05, 0.1) is 18.3 Å². The van der Waals surface area contributed by atoms with Gasteiger partial charge in [0.15, 0.2) is 11.5 Å². The number of ether oxygens (including phenoxy) is 2. The molecule has 1 amide bonds. The Balaban J connectivity index is 1.41. The van der Waals surface area contributed by atoms with Crippen LogP contribution >= 0.6 is 0 Å². The fourth-order valence-corrected chi connectivity index (χ4v) is 4.21. The molecule has 31 heavy (non-hydrogen) atoms. The first kappa shape index (κ1) is 20.0. The molecule has 0 radical (unpaired) electrons. The molecule has 1 atom stereocenters. The summed E-state index contributed by atoms with van der Waals surface area (Å²) in [7, 11) is 2.09. The fraction of sp³-hybridized carbons (Fsp3) is 0.391. The van der Waals surface area contributed by atoms with E-state index in [1.807, 2.05) is 18.2 Å². The number of carbonyl (C=O) groups excluding carboxylic acids is 1. The molecule has 1 saturated heterocycles. The van der Waals surface area contributed by atoms with Crippen molar-refractivity contribution in [2.45, 2.75) is 12.5 Å². The minimum absolute atomic E-state index is 0.0377. The van der Waals surface area contributed by atoms with E-state index in [-0.39, 0.29) is 24.6 Å². The van der Waals surface area contributed by atoms with Gasteiger partial charge in [-0.15, -0.1) is 0 Å². The molecular formula is C23H25FN4O3. The lowest BCUT2D eigenvalue weighted by Crippen LogP contribution is -2.48. The van der Waals surface area contributed by atoms with Crippen LogP contribution in [0, 0.1) is 5.82 Å². The van der Waals surface area contributed by atoms with E-state index in [9.17, 15) is 9.18 Å². The Morgan fingerprint density at radius 3 is 2.58 bits per heavy atom. The van der Waals surface area contributed by atoms with Gasteiger partial charge in [0.2, 0.25) is 6.79 Å². The van der Waals surface area contributed by atoms with E-state index in [0.717, 1.165) is 43.0 Å². The molecule has 1 unspecified atom stereocenters. The molecule has 3 heterocycles. The quantitative estimate of drug-likeness (QED) is 0.755. The largest absolute Gasteiger partial charge is 0.454 e. The van der Waals surface area contributed by atoms with Crippen LogP contribution in [0.25, 0.3) is 0 Å². The number of rotatable bonds is 4. The Hall–Kier alpha value is -2.97. The lowest BCUT2D eigenvalue weighted by Gasteiger charge is -2.33. The zero-order valence-corrected chi connectivity index (χ0v) is 17.5. The SMILES string of the molecule is CN1CCN(CC(=O)N2N=C(c3ccc(F)cc3)CC2c2ccc3c(c2)OCO3)CC1. The maximum Gasteiger partial charge on any atom is 0.257 e. The van der Waals surface area contributed by atoms with Crippen molar-refractivity contribution in [2.75, 3.05) is 46.6 Å². The van der Waals surface area contributed by atoms with Gasteiger partial charge in [0.1, 0.15) is 5.82 Å². The minimum Gasteiger partial charge on any atom is -0.454 e. The number of fused-ring (bicyclic) bond motifs is 1. The average Bonchev–Trinajstić information content (AvgIpc) is 3.42. The van der Waals surface area contributed by atoms with Gasteiger partial charge >= 0.3 is 0 Å². The van der Waals surface area contributed by atoms with E-state index in [4.69, 9.17) is 9.47 Å². The summed E-state index contributed by atoms with van der Waals surface area (Å²) in [6.07, 6.45) is 0.555. The highest BCUT2D eigenvalue weighted by Crippen LogP contribution is 2.39. The van der Waals surface area contributed by atoms with E-state index in [0.29, 0.717) is 24.5 Å².